The fourth-order valence-corrected chi connectivity index (χ4v) is 3.87. The molecule has 1 amide bonds. The van der Waals surface area contributed by atoms with Crippen LogP contribution in [0.25, 0.3) is 0 Å². The molecule has 0 spiro atoms. The van der Waals surface area contributed by atoms with Crippen LogP contribution in [0.4, 0.5) is 13.2 Å². The topological polar surface area (TPSA) is 78.9 Å². The normalized spacial score (nSPS) is 24.7. The van der Waals surface area contributed by atoms with E-state index >= 15 is 0 Å². The lowest BCUT2D eigenvalue weighted by molar-refractivity contribution is -0.192. The van der Waals surface area contributed by atoms with Crippen molar-refractivity contribution in [3.05, 3.63) is 35.4 Å². The Bertz CT molecular complexity index is 711. The number of aliphatic carboxylic acids is 1. The van der Waals surface area contributed by atoms with Crippen LogP contribution in [0.3, 0.4) is 0 Å². The van der Waals surface area contributed by atoms with Crippen molar-refractivity contribution in [1.29, 1.82) is 0 Å². The predicted octanol–water partition coefficient (Wildman–Crippen LogP) is 2.60. The number of aryl methyl sites for hydroxylation is 1. The number of hydrogen-bond acceptors (Lipinski definition) is 4. The maximum Gasteiger partial charge on any atom is 0.490 e. The number of piperidine rings is 1. The van der Waals surface area contributed by atoms with Crippen molar-refractivity contribution in [3.8, 4) is 0 Å². The van der Waals surface area contributed by atoms with Gasteiger partial charge >= 0.3 is 12.1 Å². The van der Waals surface area contributed by atoms with Crippen molar-refractivity contribution in [2.45, 2.75) is 38.6 Å². The number of rotatable bonds is 3. The maximum atomic E-state index is 12.2. The van der Waals surface area contributed by atoms with E-state index in [-0.39, 0.29) is 17.9 Å². The summed E-state index contributed by atoms with van der Waals surface area (Å²) < 4.78 is 37.7. The first kappa shape index (κ1) is 23.2. The SMILES string of the molecule is CNC(=O)[C@@H]1CCO[C@@H]2CCN(Cc3ccccc3C)C[C@H]21.O=C(O)C(F)(F)F. The third kappa shape index (κ3) is 6.43. The monoisotopic (exact) mass is 416 g/mol. The quantitative estimate of drug-likeness (QED) is 0.792. The fourth-order valence-electron chi connectivity index (χ4n) is 3.87. The van der Waals surface area contributed by atoms with Crippen LogP contribution in [0.15, 0.2) is 24.3 Å². The minimum atomic E-state index is -5.08. The van der Waals surface area contributed by atoms with E-state index in [0.717, 1.165) is 39.1 Å². The van der Waals surface area contributed by atoms with Gasteiger partial charge in [0, 0.05) is 45.1 Å². The highest BCUT2D eigenvalue weighted by atomic mass is 19.4. The number of carbonyl (C=O) groups is 2. The number of halogens is 3. The van der Waals surface area contributed by atoms with Gasteiger partial charge < -0.3 is 15.2 Å². The van der Waals surface area contributed by atoms with Crippen LogP contribution in [0.1, 0.15) is 24.0 Å². The van der Waals surface area contributed by atoms with Crippen LogP contribution in [0.2, 0.25) is 0 Å². The number of alkyl halides is 3. The lowest BCUT2D eigenvalue weighted by atomic mass is 9.79. The van der Waals surface area contributed by atoms with E-state index < -0.39 is 12.1 Å². The van der Waals surface area contributed by atoms with Gasteiger partial charge in [-0.1, -0.05) is 24.3 Å². The Kier molecular flexibility index (Phi) is 8.04. The maximum absolute atomic E-state index is 12.2. The zero-order valence-electron chi connectivity index (χ0n) is 16.5. The molecule has 9 heteroatoms. The first-order chi connectivity index (χ1) is 13.6. The molecule has 2 aliphatic heterocycles. The minimum absolute atomic E-state index is 0.100. The summed E-state index contributed by atoms with van der Waals surface area (Å²) in [5, 5.41) is 9.95. The van der Waals surface area contributed by atoms with Crippen molar-refractivity contribution >= 4 is 11.9 Å². The van der Waals surface area contributed by atoms with Gasteiger partial charge in [0.25, 0.3) is 0 Å². The van der Waals surface area contributed by atoms with E-state index in [1.54, 1.807) is 7.05 Å². The summed E-state index contributed by atoms with van der Waals surface area (Å²) in [5.74, 6) is -2.15. The van der Waals surface area contributed by atoms with Crippen molar-refractivity contribution in [1.82, 2.24) is 10.2 Å². The Morgan fingerprint density at radius 3 is 2.52 bits per heavy atom. The largest absolute Gasteiger partial charge is 0.490 e. The highest BCUT2D eigenvalue weighted by Crippen LogP contribution is 2.33. The number of carboxylic acids is 1. The lowest BCUT2D eigenvalue weighted by Gasteiger charge is -2.44. The average molecular weight is 416 g/mol. The van der Waals surface area contributed by atoms with Gasteiger partial charge in [0.1, 0.15) is 0 Å². The van der Waals surface area contributed by atoms with Crippen LogP contribution in [0, 0.1) is 18.8 Å². The van der Waals surface area contributed by atoms with Crippen LogP contribution >= 0.6 is 0 Å². The molecule has 2 aliphatic rings. The number of nitrogens with zero attached hydrogens (tertiary/aromatic N) is 1. The van der Waals surface area contributed by atoms with E-state index in [2.05, 4.69) is 41.4 Å². The Morgan fingerprint density at radius 2 is 1.93 bits per heavy atom. The summed E-state index contributed by atoms with van der Waals surface area (Å²) >= 11 is 0. The number of nitrogens with one attached hydrogen (secondary N) is 1. The molecule has 162 valence electrons. The summed E-state index contributed by atoms with van der Waals surface area (Å²) in [7, 11) is 1.74. The molecule has 2 N–H and O–H groups in total. The highest BCUT2D eigenvalue weighted by molar-refractivity contribution is 5.78. The molecule has 0 saturated carbocycles. The molecular formula is C20H27F3N2O4. The van der Waals surface area contributed by atoms with E-state index in [1.807, 2.05) is 0 Å². The number of hydrogen-bond donors (Lipinski definition) is 2. The fraction of sp³-hybridized carbons (Fsp3) is 0.600. The van der Waals surface area contributed by atoms with Crippen LogP contribution < -0.4 is 5.32 Å². The minimum Gasteiger partial charge on any atom is -0.475 e. The van der Waals surface area contributed by atoms with Gasteiger partial charge in [-0.2, -0.15) is 13.2 Å². The summed E-state index contributed by atoms with van der Waals surface area (Å²) in [6.07, 6.45) is -2.95. The molecular weight excluding hydrogens is 389 g/mol. The van der Waals surface area contributed by atoms with E-state index in [0.29, 0.717) is 5.92 Å². The number of fused-ring (bicyclic) bond motifs is 1. The number of ether oxygens (including phenoxy) is 1. The van der Waals surface area contributed by atoms with E-state index in [1.165, 1.54) is 11.1 Å². The lowest BCUT2D eigenvalue weighted by Crippen LogP contribution is -2.52. The molecule has 2 fully saturated rings. The van der Waals surface area contributed by atoms with Crippen molar-refractivity contribution < 1.29 is 32.6 Å². The van der Waals surface area contributed by atoms with Gasteiger partial charge in [0.05, 0.1) is 6.10 Å². The highest BCUT2D eigenvalue weighted by Gasteiger charge is 2.41. The summed E-state index contributed by atoms with van der Waals surface area (Å²) in [6, 6.07) is 8.56. The van der Waals surface area contributed by atoms with Gasteiger partial charge in [0.15, 0.2) is 0 Å². The van der Waals surface area contributed by atoms with Crippen molar-refractivity contribution in [2.24, 2.45) is 11.8 Å². The number of likely N-dealkylation sites (tertiary alicyclic amines) is 1. The molecule has 3 rings (SSSR count). The summed E-state index contributed by atoms with van der Waals surface area (Å²) in [4.78, 5) is 23.5. The molecule has 1 aromatic carbocycles. The zero-order valence-corrected chi connectivity index (χ0v) is 16.5. The second kappa shape index (κ2) is 10.1. The average Bonchev–Trinajstić information content (AvgIpc) is 2.68. The molecule has 2 saturated heterocycles. The van der Waals surface area contributed by atoms with Crippen LogP contribution in [-0.4, -0.2) is 60.9 Å². The molecule has 3 atom stereocenters. The number of benzene rings is 1. The number of carboxylic acid groups (broad SMARTS) is 1. The van der Waals surface area contributed by atoms with Gasteiger partial charge in [-0.25, -0.2) is 4.79 Å². The molecule has 6 nitrogen and oxygen atoms in total. The smallest absolute Gasteiger partial charge is 0.475 e. The van der Waals surface area contributed by atoms with Crippen molar-refractivity contribution in [2.75, 3.05) is 26.7 Å². The first-order valence-corrected chi connectivity index (χ1v) is 9.53. The standard InChI is InChI=1S/C18H26N2O2.C2HF3O2/c1-13-5-3-4-6-14(13)11-20-9-7-17-16(12-20)15(8-10-22-17)18(21)19-2;3-2(4,5)1(6)7/h3-6,15-17H,7-12H2,1-2H3,(H,19,21);(H,6,7)/t15-,16+,17-;/m1./s1. The summed E-state index contributed by atoms with van der Waals surface area (Å²) in [6.45, 7) is 5.86. The molecule has 0 aliphatic carbocycles. The third-order valence-corrected chi connectivity index (χ3v) is 5.43. The van der Waals surface area contributed by atoms with Crippen LogP contribution in [0.5, 0.6) is 0 Å². The predicted molar refractivity (Wildman–Crippen MR) is 100 cm³/mol. The number of amides is 1. The van der Waals surface area contributed by atoms with Gasteiger partial charge in [-0.05, 0) is 30.9 Å². The van der Waals surface area contributed by atoms with Gasteiger partial charge in [0.2, 0.25) is 5.91 Å². The summed E-state index contributed by atoms with van der Waals surface area (Å²) in [5.41, 5.74) is 2.72. The first-order valence-electron chi connectivity index (χ1n) is 9.53. The van der Waals surface area contributed by atoms with Gasteiger partial charge in [-0.15, -0.1) is 0 Å². The zero-order chi connectivity index (χ0) is 21.6. The second-order valence-corrected chi connectivity index (χ2v) is 7.34. The molecule has 1 aromatic rings. The van der Waals surface area contributed by atoms with Crippen LogP contribution in [-0.2, 0) is 20.9 Å². The molecule has 2 heterocycles. The van der Waals surface area contributed by atoms with Crippen molar-refractivity contribution in [3.63, 3.8) is 0 Å². The molecule has 0 bridgehead atoms. The molecule has 0 aromatic heterocycles. The third-order valence-electron chi connectivity index (χ3n) is 5.43. The van der Waals surface area contributed by atoms with E-state index in [4.69, 9.17) is 14.6 Å². The van der Waals surface area contributed by atoms with E-state index in [9.17, 15) is 18.0 Å². The Labute approximate surface area is 168 Å². The Balaban J connectivity index is 0.000000370. The molecule has 0 radical (unpaired) electrons. The Hall–Kier alpha value is -2.13. The van der Waals surface area contributed by atoms with Gasteiger partial charge in [-0.3, -0.25) is 9.69 Å². The Morgan fingerprint density at radius 1 is 1.28 bits per heavy atom. The molecule has 29 heavy (non-hydrogen) atoms. The second-order valence-electron chi connectivity index (χ2n) is 7.34. The number of carbonyl (C=O) groups excluding carboxylic acids is 1. The molecule has 0 unspecified atom stereocenters.